The fraction of sp³-hybridized carbons (Fsp3) is 0.412. The van der Waals surface area contributed by atoms with Crippen LogP contribution in [0, 0.1) is 0 Å². The number of nitrogens with zero attached hydrogens (tertiary/aromatic N) is 2. The first-order valence-electron chi connectivity index (χ1n) is 8.01. The Kier molecular flexibility index (Phi) is 3.79. The number of amides is 1. The summed E-state index contributed by atoms with van der Waals surface area (Å²) in [5, 5.41) is 14.0. The van der Waals surface area contributed by atoms with E-state index in [0.29, 0.717) is 18.0 Å². The van der Waals surface area contributed by atoms with Gasteiger partial charge in [0, 0.05) is 24.3 Å². The molecular formula is C17H19N3O2S. The van der Waals surface area contributed by atoms with E-state index in [0.717, 1.165) is 10.6 Å². The molecule has 1 amide bonds. The molecule has 6 heteroatoms. The highest BCUT2D eigenvalue weighted by Gasteiger charge is 2.34. The molecule has 23 heavy (non-hydrogen) atoms. The van der Waals surface area contributed by atoms with Crippen LogP contribution in [0.15, 0.2) is 30.5 Å². The summed E-state index contributed by atoms with van der Waals surface area (Å²) in [5.74, 6) is 0.545. The first kappa shape index (κ1) is 14.7. The highest BCUT2D eigenvalue weighted by Crippen LogP contribution is 2.41. The maximum atomic E-state index is 12.8. The van der Waals surface area contributed by atoms with Gasteiger partial charge in [0.25, 0.3) is 5.91 Å². The van der Waals surface area contributed by atoms with E-state index in [1.807, 2.05) is 30.5 Å². The van der Waals surface area contributed by atoms with Gasteiger partial charge in [-0.15, -0.1) is 11.3 Å². The lowest BCUT2D eigenvalue weighted by molar-refractivity contribution is 0.0644. The zero-order valence-corrected chi connectivity index (χ0v) is 13.6. The molecule has 1 saturated carbocycles. The third-order valence-electron chi connectivity index (χ3n) is 4.63. The predicted octanol–water partition coefficient (Wildman–Crippen LogP) is 2.97. The monoisotopic (exact) mass is 329 g/mol. The van der Waals surface area contributed by atoms with Crippen LogP contribution in [0.3, 0.4) is 0 Å². The highest BCUT2D eigenvalue weighted by atomic mass is 32.1. The van der Waals surface area contributed by atoms with Crippen molar-refractivity contribution >= 4 is 22.9 Å². The van der Waals surface area contributed by atoms with Gasteiger partial charge in [-0.05, 0) is 25.0 Å². The van der Waals surface area contributed by atoms with Crippen molar-refractivity contribution in [3.05, 3.63) is 45.9 Å². The summed E-state index contributed by atoms with van der Waals surface area (Å²) in [6.07, 6.45) is 5.34. The second-order valence-corrected chi connectivity index (χ2v) is 7.14. The van der Waals surface area contributed by atoms with E-state index in [-0.39, 0.29) is 18.7 Å². The van der Waals surface area contributed by atoms with Gasteiger partial charge in [-0.1, -0.05) is 18.6 Å². The molecule has 120 valence electrons. The van der Waals surface area contributed by atoms with Crippen LogP contribution in [-0.4, -0.2) is 34.0 Å². The summed E-state index contributed by atoms with van der Waals surface area (Å²) >= 11 is 1.68. The average Bonchev–Trinajstić information content (AvgIpc) is 2.97. The molecule has 0 saturated heterocycles. The molecular weight excluding hydrogens is 310 g/mol. The van der Waals surface area contributed by atoms with Crippen LogP contribution in [0.25, 0.3) is 0 Å². The van der Waals surface area contributed by atoms with Gasteiger partial charge >= 0.3 is 0 Å². The summed E-state index contributed by atoms with van der Waals surface area (Å²) in [7, 11) is 0. The third kappa shape index (κ3) is 2.52. The fourth-order valence-corrected chi connectivity index (χ4v) is 4.28. The Morgan fingerprint density at radius 1 is 1.35 bits per heavy atom. The quantitative estimate of drug-likeness (QED) is 0.905. The summed E-state index contributed by atoms with van der Waals surface area (Å²) < 4.78 is 0. The molecule has 1 aromatic heterocycles. The Balaban J connectivity index is 1.68. The molecule has 1 aromatic carbocycles. The number of aliphatic hydroxyl groups is 1. The van der Waals surface area contributed by atoms with Gasteiger partial charge in [0.05, 0.1) is 22.1 Å². The molecule has 1 unspecified atom stereocenters. The van der Waals surface area contributed by atoms with Gasteiger partial charge in [-0.2, -0.15) is 0 Å². The lowest BCUT2D eigenvalue weighted by Crippen LogP contribution is -2.44. The van der Waals surface area contributed by atoms with E-state index < -0.39 is 0 Å². The second-order valence-electron chi connectivity index (χ2n) is 6.04. The maximum Gasteiger partial charge on any atom is 0.257 e. The van der Waals surface area contributed by atoms with Crippen LogP contribution in [-0.2, 0) is 0 Å². The van der Waals surface area contributed by atoms with Crippen molar-refractivity contribution < 1.29 is 9.90 Å². The van der Waals surface area contributed by atoms with Crippen LogP contribution < -0.4 is 5.32 Å². The lowest BCUT2D eigenvalue weighted by atomic mass is 9.86. The summed E-state index contributed by atoms with van der Waals surface area (Å²) in [4.78, 5) is 20.1. The fourth-order valence-electron chi connectivity index (χ4n) is 3.13. The van der Waals surface area contributed by atoms with E-state index in [4.69, 9.17) is 0 Å². The SMILES string of the molecule is O=C1c2ccccc2NC(c2cnc(C3CCC3)s2)N1CCO. The van der Waals surface area contributed by atoms with E-state index in [9.17, 15) is 9.90 Å². The van der Waals surface area contributed by atoms with Crippen molar-refractivity contribution in [2.75, 3.05) is 18.5 Å². The molecule has 2 aromatic rings. The van der Waals surface area contributed by atoms with E-state index in [1.165, 1.54) is 24.3 Å². The Hall–Kier alpha value is -1.92. The Morgan fingerprint density at radius 2 is 2.17 bits per heavy atom. The molecule has 1 aliphatic heterocycles. The van der Waals surface area contributed by atoms with Gasteiger partial charge in [0.15, 0.2) is 0 Å². The molecule has 2 aliphatic rings. The van der Waals surface area contributed by atoms with Gasteiger partial charge in [0.1, 0.15) is 6.17 Å². The minimum Gasteiger partial charge on any atom is -0.395 e. The number of benzene rings is 1. The Morgan fingerprint density at radius 3 is 2.91 bits per heavy atom. The molecule has 0 bridgehead atoms. The van der Waals surface area contributed by atoms with Gasteiger partial charge in [-0.3, -0.25) is 4.79 Å². The number of anilines is 1. The van der Waals surface area contributed by atoms with Gasteiger partial charge in [-0.25, -0.2) is 4.98 Å². The van der Waals surface area contributed by atoms with Crippen LogP contribution in [0.1, 0.15) is 51.6 Å². The molecule has 2 heterocycles. The number of aromatic nitrogens is 1. The van der Waals surface area contributed by atoms with Crippen LogP contribution in [0.5, 0.6) is 0 Å². The normalized spacial score (nSPS) is 20.8. The van der Waals surface area contributed by atoms with Crippen molar-refractivity contribution in [3.63, 3.8) is 0 Å². The minimum absolute atomic E-state index is 0.0444. The molecule has 1 atom stereocenters. The van der Waals surface area contributed by atoms with Gasteiger partial charge < -0.3 is 15.3 Å². The number of para-hydroxylation sites is 1. The molecule has 1 fully saturated rings. The zero-order chi connectivity index (χ0) is 15.8. The van der Waals surface area contributed by atoms with Crippen LogP contribution in [0.4, 0.5) is 5.69 Å². The number of thiazole rings is 1. The van der Waals surface area contributed by atoms with E-state index in [2.05, 4.69) is 10.3 Å². The van der Waals surface area contributed by atoms with Crippen molar-refractivity contribution in [2.45, 2.75) is 31.3 Å². The number of β-amino-alcohol motifs (C(OH)–C–C–N with tert-alkyl or cyclic N) is 1. The standard InChI is InChI=1S/C17H19N3O2S/c21-9-8-20-15(14-10-18-16(23-14)11-4-3-5-11)19-13-7-2-1-6-12(13)17(20)22/h1-2,6-7,10-11,15,19,21H,3-5,8-9H2. The molecule has 5 nitrogen and oxygen atoms in total. The number of hydrogen-bond donors (Lipinski definition) is 2. The minimum atomic E-state index is -0.254. The highest BCUT2D eigenvalue weighted by molar-refractivity contribution is 7.11. The Bertz CT molecular complexity index is 726. The van der Waals surface area contributed by atoms with E-state index in [1.54, 1.807) is 16.2 Å². The number of aliphatic hydroxyl groups excluding tert-OH is 1. The van der Waals surface area contributed by atoms with Crippen molar-refractivity contribution in [1.29, 1.82) is 0 Å². The van der Waals surface area contributed by atoms with Crippen molar-refractivity contribution in [3.8, 4) is 0 Å². The number of carbonyl (C=O) groups excluding carboxylic acids is 1. The largest absolute Gasteiger partial charge is 0.395 e. The summed E-state index contributed by atoms with van der Waals surface area (Å²) in [6, 6.07) is 7.52. The smallest absolute Gasteiger partial charge is 0.257 e. The van der Waals surface area contributed by atoms with Crippen molar-refractivity contribution in [1.82, 2.24) is 9.88 Å². The number of hydrogen-bond acceptors (Lipinski definition) is 5. The second kappa shape index (κ2) is 5.94. The van der Waals surface area contributed by atoms with Gasteiger partial charge in [0.2, 0.25) is 0 Å². The number of rotatable bonds is 4. The number of nitrogens with one attached hydrogen (secondary N) is 1. The zero-order valence-electron chi connectivity index (χ0n) is 12.7. The number of fused-ring (bicyclic) bond motifs is 1. The average molecular weight is 329 g/mol. The first-order valence-corrected chi connectivity index (χ1v) is 8.82. The van der Waals surface area contributed by atoms with E-state index >= 15 is 0 Å². The van der Waals surface area contributed by atoms with Crippen molar-refractivity contribution in [2.24, 2.45) is 0 Å². The van der Waals surface area contributed by atoms with Crippen LogP contribution >= 0.6 is 11.3 Å². The predicted molar refractivity (Wildman–Crippen MR) is 89.6 cm³/mol. The number of carbonyl (C=O) groups is 1. The molecule has 0 spiro atoms. The molecule has 1 aliphatic carbocycles. The molecule has 0 radical (unpaired) electrons. The summed E-state index contributed by atoms with van der Waals surface area (Å²) in [6.45, 7) is 0.252. The molecule has 2 N–H and O–H groups in total. The summed E-state index contributed by atoms with van der Waals surface area (Å²) in [5.41, 5.74) is 1.50. The maximum absolute atomic E-state index is 12.8. The lowest BCUT2D eigenvalue weighted by Gasteiger charge is -2.36. The topological polar surface area (TPSA) is 65.5 Å². The molecule has 4 rings (SSSR count). The third-order valence-corrected chi connectivity index (χ3v) is 5.84. The first-order chi connectivity index (χ1) is 11.3. The van der Waals surface area contributed by atoms with Crippen LogP contribution in [0.2, 0.25) is 0 Å². The Labute approximate surface area is 139 Å².